The number of rotatable bonds is 7. The Bertz CT molecular complexity index is 883. The third-order valence-electron chi connectivity index (χ3n) is 4.33. The second-order valence-corrected chi connectivity index (χ2v) is 7.51. The number of amides is 1. The van der Waals surface area contributed by atoms with Crippen molar-refractivity contribution in [1.82, 2.24) is 4.98 Å². The van der Waals surface area contributed by atoms with Crippen LogP contribution in [0.1, 0.15) is 37.8 Å². The van der Waals surface area contributed by atoms with Crippen molar-refractivity contribution in [3.8, 4) is 17.0 Å². The molecule has 1 amide bonds. The van der Waals surface area contributed by atoms with Gasteiger partial charge in [-0.3, -0.25) is 10.1 Å². The molecule has 0 aliphatic carbocycles. The second kappa shape index (κ2) is 8.82. The Balaban J connectivity index is 1.54. The van der Waals surface area contributed by atoms with Gasteiger partial charge in [-0.15, -0.1) is 11.3 Å². The molecule has 0 bridgehead atoms. The third-order valence-corrected chi connectivity index (χ3v) is 5.08. The summed E-state index contributed by atoms with van der Waals surface area (Å²) in [6.45, 7) is 6.38. The van der Waals surface area contributed by atoms with E-state index in [2.05, 4.69) is 55.3 Å². The minimum atomic E-state index is -0.217. The van der Waals surface area contributed by atoms with Gasteiger partial charge < -0.3 is 4.74 Å². The van der Waals surface area contributed by atoms with E-state index in [9.17, 15) is 4.79 Å². The molecule has 0 saturated carbocycles. The van der Waals surface area contributed by atoms with Crippen LogP contribution < -0.4 is 10.1 Å². The molecule has 27 heavy (non-hydrogen) atoms. The van der Waals surface area contributed by atoms with E-state index in [0.29, 0.717) is 16.8 Å². The highest BCUT2D eigenvalue weighted by Crippen LogP contribution is 2.25. The molecule has 0 atom stereocenters. The van der Waals surface area contributed by atoms with Crippen LogP contribution in [0, 0.1) is 0 Å². The molecule has 0 radical (unpaired) electrons. The molecular formula is C22H24N2O2S. The SMILES string of the molecule is CCc1ccc(-c2csc(NC(=O)COc3ccc(C(C)C)cc3)n2)cc1. The van der Waals surface area contributed by atoms with Crippen molar-refractivity contribution in [3.05, 3.63) is 65.0 Å². The molecule has 0 saturated heterocycles. The van der Waals surface area contributed by atoms with Gasteiger partial charge in [0.25, 0.3) is 5.91 Å². The maximum Gasteiger partial charge on any atom is 0.264 e. The van der Waals surface area contributed by atoms with E-state index >= 15 is 0 Å². The molecule has 140 valence electrons. The van der Waals surface area contributed by atoms with Gasteiger partial charge in [0.05, 0.1) is 5.69 Å². The van der Waals surface area contributed by atoms with Gasteiger partial charge in [0, 0.05) is 10.9 Å². The zero-order valence-corrected chi connectivity index (χ0v) is 16.7. The highest BCUT2D eigenvalue weighted by molar-refractivity contribution is 7.14. The van der Waals surface area contributed by atoms with Crippen LogP contribution >= 0.6 is 11.3 Å². The van der Waals surface area contributed by atoms with Crippen molar-refractivity contribution >= 4 is 22.4 Å². The van der Waals surface area contributed by atoms with E-state index in [1.165, 1.54) is 22.5 Å². The number of carbonyl (C=O) groups excluding carboxylic acids is 1. The Hall–Kier alpha value is -2.66. The molecule has 0 spiro atoms. The van der Waals surface area contributed by atoms with Crippen LogP contribution in [0.3, 0.4) is 0 Å². The Morgan fingerprint density at radius 1 is 1.11 bits per heavy atom. The average molecular weight is 381 g/mol. The lowest BCUT2D eigenvalue weighted by Gasteiger charge is -2.08. The standard InChI is InChI=1S/C22H24N2O2S/c1-4-16-5-7-18(8-6-16)20-14-27-22(23-20)24-21(25)13-26-19-11-9-17(10-12-19)15(2)3/h5-12,14-15H,4,13H2,1-3H3,(H,23,24,25). The summed E-state index contributed by atoms with van der Waals surface area (Å²) in [5, 5.41) is 5.32. The minimum absolute atomic E-state index is 0.0405. The zero-order chi connectivity index (χ0) is 19.2. The van der Waals surface area contributed by atoms with Crippen molar-refractivity contribution in [3.63, 3.8) is 0 Å². The molecule has 0 fully saturated rings. The Labute approximate surface area is 164 Å². The number of benzene rings is 2. The summed E-state index contributed by atoms with van der Waals surface area (Å²) in [6, 6.07) is 16.2. The van der Waals surface area contributed by atoms with E-state index in [1.807, 2.05) is 29.6 Å². The summed E-state index contributed by atoms with van der Waals surface area (Å²) in [6.07, 6.45) is 1.01. The number of aryl methyl sites for hydroxylation is 1. The van der Waals surface area contributed by atoms with Crippen molar-refractivity contribution in [1.29, 1.82) is 0 Å². The van der Waals surface area contributed by atoms with E-state index in [4.69, 9.17) is 4.74 Å². The zero-order valence-electron chi connectivity index (χ0n) is 15.9. The number of ether oxygens (including phenoxy) is 1. The fourth-order valence-corrected chi connectivity index (χ4v) is 3.36. The third kappa shape index (κ3) is 5.17. The summed E-state index contributed by atoms with van der Waals surface area (Å²) < 4.78 is 5.56. The molecule has 3 rings (SSSR count). The first-order chi connectivity index (χ1) is 13.0. The molecule has 1 aromatic heterocycles. The Morgan fingerprint density at radius 2 is 1.81 bits per heavy atom. The smallest absolute Gasteiger partial charge is 0.264 e. The molecule has 1 heterocycles. The predicted molar refractivity (Wildman–Crippen MR) is 112 cm³/mol. The van der Waals surface area contributed by atoms with Gasteiger partial charge in [-0.05, 0) is 35.6 Å². The highest BCUT2D eigenvalue weighted by atomic mass is 32.1. The largest absolute Gasteiger partial charge is 0.484 e. The van der Waals surface area contributed by atoms with Gasteiger partial charge in [0.1, 0.15) is 5.75 Å². The van der Waals surface area contributed by atoms with Crippen LogP contribution in [0.5, 0.6) is 5.75 Å². The molecule has 3 aromatic rings. The first-order valence-electron chi connectivity index (χ1n) is 9.12. The van der Waals surface area contributed by atoms with Gasteiger partial charge in [-0.2, -0.15) is 0 Å². The maximum absolute atomic E-state index is 12.1. The molecule has 4 nitrogen and oxygen atoms in total. The van der Waals surface area contributed by atoms with Crippen LogP contribution in [0.25, 0.3) is 11.3 Å². The number of hydrogen-bond acceptors (Lipinski definition) is 4. The van der Waals surface area contributed by atoms with E-state index < -0.39 is 0 Å². The average Bonchev–Trinajstić information content (AvgIpc) is 3.15. The van der Waals surface area contributed by atoms with Crippen molar-refractivity contribution in [2.75, 3.05) is 11.9 Å². The summed E-state index contributed by atoms with van der Waals surface area (Å²) in [5.41, 5.74) is 4.45. The number of thiazole rings is 1. The number of carbonyl (C=O) groups is 1. The highest BCUT2D eigenvalue weighted by Gasteiger charge is 2.09. The van der Waals surface area contributed by atoms with Gasteiger partial charge in [-0.25, -0.2) is 4.98 Å². The number of nitrogens with zero attached hydrogens (tertiary/aromatic N) is 1. The topological polar surface area (TPSA) is 51.2 Å². The number of hydrogen-bond donors (Lipinski definition) is 1. The number of aromatic nitrogens is 1. The number of anilines is 1. The van der Waals surface area contributed by atoms with Crippen LogP contribution in [0.2, 0.25) is 0 Å². The lowest BCUT2D eigenvalue weighted by Crippen LogP contribution is -2.20. The van der Waals surface area contributed by atoms with Crippen molar-refractivity contribution < 1.29 is 9.53 Å². The van der Waals surface area contributed by atoms with Crippen molar-refractivity contribution in [2.24, 2.45) is 0 Å². The number of nitrogens with one attached hydrogen (secondary N) is 1. The minimum Gasteiger partial charge on any atom is -0.484 e. The molecule has 0 aliphatic rings. The van der Waals surface area contributed by atoms with Gasteiger partial charge in [-0.1, -0.05) is 57.2 Å². The molecule has 0 unspecified atom stereocenters. The summed E-state index contributed by atoms with van der Waals surface area (Å²) in [5.74, 6) is 0.940. The van der Waals surface area contributed by atoms with Gasteiger partial charge in [0.15, 0.2) is 11.7 Å². The molecule has 1 N–H and O–H groups in total. The normalized spacial score (nSPS) is 10.8. The van der Waals surface area contributed by atoms with Crippen LogP contribution in [-0.2, 0) is 11.2 Å². The Kier molecular flexibility index (Phi) is 6.24. The Morgan fingerprint density at radius 3 is 2.44 bits per heavy atom. The monoisotopic (exact) mass is 380 g/mol. The summed E-state index contributed by atoms with van der Waals surface area (Å²) in [4.78, 5) is 16.6. The fourth-order valence-electron chi connectivity index (χ4n) is 2.63. The van der Waals surface area contributed by atoms with Crippen LogP contribution in [0.15, 0.2) is 53.9 Å². The van der Waals surface area contributed by atoms with Gasteiger partial charge >= 0.3 is 0 Å². The van der Waals surface area contributed by atoms with Crippen LogP contribution in [-0.4, -0.2) is 17.5 Å². The van der Waals surface area contributed by atoms with E-state index in [0.717, 1.165) is 17.7 Å². The second-order valence-electron chi connectivity index (χ2n) is 6.65. The maximum atomic E-state index is 12.1. The summed E-state index contributed by atoms with van der Waals surface area (Å²) in [7, 11) is 0. The summed E-state index contributed by atoms with van der Waals surface area (Å²) >= 11 is 1.41. The van der Waals surface area contributed by atoms with E-state index in [-0.39, 0.29) is 12.5 Å². The lowest BCUT2D eigenvalue weighted by atomic mass is 10.0. The molecule has 2 aromatic carbocycles. The van der Waals surface area contributed by atoms with Crippen LogP contribution in [0.4, 0.5) is 5.13 Å². The fraction of sp³-hybridized carbons (Fsp3) is 0.273. The van der Waals surface area contributed by atoms with Gasteiger partial charge in [0.2, 0.25) is 0 Å². The van der Waals surface area contributed by atoms with E-state index in [1.54, 1.807) is 0 Å². The first kappa shape index (κ1) is 19.1. The molecular weight excluding hydrogens is 356 g/mol. The first-order valence-corrected chi connectivity index (χ1v) is 10.0. The predicted octanol–water partition coefficient (Wildman–Crippen LogP) is 5.51. The quantitative estimate of drug-likeness (QED) is 0.588. The lowest BCUT2D eigenvalue weighted by molar-refractivity contribution is -0.118. The van der Waals surface area contributed by atoms with Crippen molar-refractivity contribution in [2.45, 2.75) is 33.1 Å². The molecule has 0 aliphatic heterocycles. The molecule has 5 heteroatoms.